The third-order valence-corrected chi connectivity index (χ3v) is 2.74. The van der Waals surface area contributed by atoms with E-state index < -0.39 is 11.9 Å². The maximum atomic E-state index is 11.5. The molecule has 0 heterocycles. The van der Waals surface area contributed by atoms with Gasteiger partial charge in [-0.25, -0.2) is 4.79 Å². The number of ether oxygens (including phenoxy) is 1. The van der Waals surface area contributed by atoms with Gasteiger partial charge in [0.2, 0.25) is 0 Å². The average molecular weight is 301 g/mol. The minimum Gasteiger partial charge on any atom is -0.463 e. The molecule has 1 amide bonds. The Labute approximate surface area is 124 Å². The van der Waals surface area contributed by atoms with Crippen molar-refractivity contribution in [3.05, 3.63) is 0 Å². The first-order chi connectivity index (χ1) is 9.90. The van der Waals surface area contributed by atoms with Gasteiger partial charge >= 0.3 is 11.9 Å². The summed E-state index contributed by atoms with van der Waals surface area (Å²) in [7, 11) is 1.31. The zero-order valence-corrected chi connectivity index (χ0v) is 12.8. The summed E-state index contributed by atoms with van der Waals surface area (Å²) in [5.74, 6) is -1.41. The maximum Gasteiger partial charge on any atom is 0.332 e. The molecule has 0 spiro atoms. The van der Waals surface area contributed by atoms with E-state index in [2.05, 4.69) is 0 Å². The van der Waals surface area contributed by atoms with Crippen molar-refractivity contribution < 1.29 is 28.8 Å². The van der Waals surface area contributed by atoms with E-state index in [9.17, 15) is 19.2 Å². The van der Waals surface area contributed by atoms with Crippen molar-refractivity contribution in [1.29, 1.82) is 0 Å². The molecule has 0 bridgehead atoms. The largest absolute Gasteiger partial charge is 0.463 e. The summed E-state index contributed by atoms with van der Waals surface area (Å²) in [6.07, 6.45) is 1.74. The number of carbonyl (C=O) groups is 4. The van der Waals surface area contributed by atoms with Gasteiger partial charge < -0.3 is 14.4 Å². The smallest absolute Gasteiger partial charge is 0.332 e. The molecule has 0 aliphatic rings. The fourth-order valence-corrected chi connectivity index (χ4v) is 1.33. The molecular weight excluding hydrogens is 278 g/mol. The van der Waals surface area contributed by atoms with Crippen molar-refractivity contribution in [3.63, 3.8) is 0 Å². The molecular formula is C14H23NO6. The van der Waals surface area contributed by atoms with Gasteiger partial charge in [-0.2, -0.15) is 5.06 Å². The predicted octanol–water partition coefficient (Wildman–Crippen LogP) is 1.39. The number of rotatable bonds is 9. The molecule has 0 fully saturated rings. The Morgan fingerprint density at radius 2 is 1.76 bits per heavy atom. The molecule has 7 nitrogen and oxygen atoms in total. The van der Waals surface area contributed by atoms with E-state index in [1.54, 1.807) is 6.92 Å². The number of carbonyl (C=O) groups excluding carboxylic acids is 4. The Morgan fingerprint density at radius 1 is 1.14 bits per heavy atom. The maximum absolute atomic E-state index is 11.5. The van der Waals surface area contributed by atoms with Crippen molar-refractivity contribution >= 4 is 24.1 Å². The standard InChI is InChI=1S/C14H23NO6/c1-4-11(2)20-13(18)8-5-9-14(19)21-15(3)12(17)7-6-10-16/h10-11H,4-9H2,1-3H3. The molecule has 0 aromatic carbocycles. The van der Waals surface area contributed by atoms with E-state index in [1.165, 1.54) is 7.05 Å². The number of amides is 1. The summed E-state index contributed by atoms with van der Waals surface area (Å²) in [4.78, 5) is 49.1. The molecule has 0 radical (unpaired) electrons. The quantitative estimate of drug-likeness (QED) is 0.363. The van der Waals surface area contributed by atoms with E-state index in [4.69, 9.17) is 9.57 Å². The lowest BCUT2D eigenvalue weighted by atomic mass is 10.2. The zero-order valence-electron chi connectivity index (χ0n) is 12.8. The third-order valence-electron chi connectivity index (χ3n) is 2.74. The molecule has 7 heteroatoms. The molecule has 21 heavy (non-hydrogen) atoms. The fraction of sp³-hybridized carbons (Fsp3) is 0.714. The van der Waals surface area contributed by atoms with Gasteiger partial charge in [-0.05, 0) is 19.8 Å². The molecule has 0 aliphatic heterocycles. The van der Waals surface area contributed by atoms with Crippen LogP contribution in [-0.2, 0) is 28.8 Å². The van der Waals surface area contributed by atoms with Crippen LogP contribution in [0, 0.1) is 0 Å². The molecule has 0 saturated carbocycles. The van der Waals surface area contributed by atoms with E-state index in [-0.39, 0.29) is 37.8 Å². The van der Waals surface area contributed by atoms with Crippen LogP contribution in [0.25, 0.3) is 0 Å². The highest BCUT2D eigenvalue weighted by atomic mass is 16.7. The van der Waals surface area contributed by atoms with Crippen LogP contribution >= 0.6 is 0 Å². The molecule has 0 saturated heterocycles. The van der Waals surface area contributed by atoms with Crippen LogP contribution in [0.4, 0.5) is 0 Å². The van der Waals surface area contributed by atoms with Crippen LogP contribution in [0.3, 0.4) is 0 Å². The molecule has 0 N–H and O–H groups in total. The fourth-order valence-electron chi connectivity index (χ4n) is 1.33. The topological polar surface area (TPSA) is 90.0 Å². The second-order valence-electron chi connectivity index (χ2n) is 4.62. The van der Waals surface area contributed by atoms with Crippen LogP contribution in [-0.4, -0.2) is 42.3 Å². The van der Waals surface area contributed by atoms with Gasteiger partial charge in [-0.3, -0.25) is 9.59 Å². The normalized spacial score (nSPS) is 11.4. The minimum absolute atomic E-state index is 0.00544. The first kappa shape index (κ1) is 19.1. The minimum atomic E-state index is -0.603. The molecule has 0 aromatic rings. The van der Waals surface area contributed by atoms with Gasteiger partial charge in [0, 0.05) is 32.7 Å². The first-order valence-electron chi connectivity index (χ1n) is 7.01. The van der Waals surface area contributed by atoms with Crippen molar-refractivity contribution in [2.75, 3.05) is 7.05 Å². The monoisotopic (exact) mass is 301 g/mol. The van der Waals surface area contributed by atoms with E-state index in [0.29, 0.717) is 12.7 Å². The Balaban J connectivity index is 3.87. The van der Waals surface area contributed by atoms with Gasteiger partial charge in [0.1, 0.15) is 6.29 Å². The van der Waals surface area contributed by atoms with Crippen molar-refractivity contribution in [3.8, 4) is 0 Å². The summed E-state index contributed by atoms with van der Waals surface area (Å²) < 4.78 is 5.06. The third kappa shape index (κ3) is 9.59. The molecule has 1 unspecified atom stereocenters. The molecule has 0 aliphatic carbocycles. The number of hydrogen-bond acceptors (Lipinski definition) is 6. The molecule has 1 atom stereocenters. The van der Waals surface area contributed by atoms with E-state index in [0.717, 1.165) is 11.5 Å². The summed E-state index contributed by atoms with van der Waals surface area (Å²) in [5.41, 5.74) is 0. The Bertz CT molecular complexity index is 368. The SMILES string of the molecule is CCC(C)OC(=O)CCCC(=O)ON(C)C(=O)CCC=O. The lowest BCUT2D eigenvalue weighted by Gasteiger charge is -2.15. The number of nitrogens with zero attached hydrogens (tertiary/aromatic N) is 1. The molecule has 120 valence electrons. The summed E-state index contributed by atoms with van der Waals surface area (Å²) in [5, 5.41) is 0.809. The van der Waals surface area contributed by atoms with Crippen LogP contribution in [0.1, 0.15) is 52.4 Å². The van der Waals surface area contributed by atoms with Gasteiger partial charge in [-0.1, -0.05) is 6.92 Å². The Hall–Kier alpha value is -1.92. The number of hydrogen-bond donors (Lipinski definition) is 0. The first-order valence-corrected chi connectivity index (χ1v) is 7.01. The van der Waals surface area contributed by atoms with Gasteiger partial charge in [0.05, 0.1) is 6.10 Å². The summed E-state index contributed by atoms with van der Waals surface area (Å²) in [6, 6.07) is 0. The van der Waals surface area contributed by atoms with Crippen molar-refractivity contribution in [1.82, 2.24) is 5.06 Å². The number of aldehydes is 1. The number of esters is 1. The van der Waals surface area contributed by atoms with Crippen molar-refractivity contribution in [2.24, 2.45) is 0 Å². The molecule has 0 aromatic heterocycles. The summed E-state index contributed by atoms with van der Waals surface area (Å²) >= 11 is 0. The highest BCUT2D eigenvalue weighted by Crippen LogP contribution is 2.05. The van der Waals surface area contributed by atoms with Crippen LogP contribution in [0.2, 0.25) is 0 Å². The van der Waals surface area contributed by atoms with E-state index >= 15 is 0 Å². The van der Waals surface area contributed by atoms with Crippen molar-refractivity contribution in [2.45, 2.75) is 58.5 Å². The number of hydroxylamine groups is 2. The van der Waals surface area contributed by atoms with Crippen LogP contribution in [0.5, 0.6) is 0 Å². The Kier molecular flexibility index (Phi) is 9.83. The van der Waals surface area contributed by atoms with Crippen LogP contribution in [0.15, 0.2) is 0 Å². The average Bonchev–Trinajstić information content (AvgIpc) is 2.44. The van der Waals surface area contributed by atoms with Gasteiger partial charge in [-0.15, -0.1) is 0 Å². The lowest BCUT2D eigenvalue weighted by molar-refractivity contribution is -0.192. The van der Waals surface area contributed by atoms with E-state index in [1.807, 2.05) is 6.92 Å². The Morgan fingerprint density at radius 3 is 2.33 bits per heavy atom. The highest BCUT2D eigenvalue weighted by Gasteiger charge is 2.15. The summed E-state index contributed by atoms with van der Waals surface area (Å²) in [6.45, 7) is 3.71. The second kappa shape index (κ2) is 10.8. The van der Waals surface area contributed by atoms with Crippen LogP contribution < -0.4 is 0 Å². The van der Waals surface area contributed by atoms with Gasteiger partial charge in [0.15, 0.2) is 0 Å². The second-order valence-corrected chi connectivity index (χ2v) is 4.62. The van der Waals surface area contributed by atoms with Gasteiger partial charge in [0.25, 0.3) is 5.91 Å². The lowest BCUT2D eigenvalue weighted by Crippen LogP contribution is -2.29. The predicted molar refractivity (Wildman–Crippen MR) is 73.9 cm³/mol. The highest BCUT2D eigenvalue weighted by molar-refractivity contribution is 5.79. The zero-order chi connectivity index (χ0) is 16.3. The molecule has 0 rings (SSSR count).